The van der Waals surface area contributed by atoms with E-state index in [9.17, 15) is 0 Å². The Morgan fingerprint density at radius 2 is 0.634 bits per heavy atom. The summed E-state index contributed by atoms with van der Waals surface area (Å²) in [5, 5.41) is 1.56. The van der Waals surface area contributed by atoms with Crippen molar-refractivity contribution in [2.24, 2.45) is 0 Å². The van der Waals surface area contributed by atoms with E-state index in [-0.39, 0.29) is 33.8 Å². The molecule has 0 heterocycles. The van der Waals surface area contributed by atoms with E-state index in [2.05, 4.69) is 31.9 Å². The van der Waals surface area contributed by atoms with E-state index in [0.29, 0.717) is 42.6 Å². The first-order valence-corrected chi connectivity index (χ1v) is 23.0. The van der Waals surface area contributed by atoms with Crippen LogP contribution in [0.15, 0.2) is 179 Å². The molecule has 0 bridgehead atoms. The van der Waals surface area contributed by atoms with Gasteiger partial charge in [0.1, 0.15) is 11.5 Å². The van der Waals surface area contributed by atoms with Crippen LogP contribution in [0.4, 0.5) is 52.7 Å². The van der Waals surface area contributed by atoms with Gasteiger partial charge in [-0.25, -0.2) is 0 Å². The molecule has 0 aliphatic rings. The van der Waals surface area contributed by atoms with Crippen molar-refractivity contribution >= 4 is 53.4 Å². The molecule has 0 N–H and O–H groups in total. The van der Waals surface area contributed by atoms with Gasteiger partial charge in [-0.3, -0.25) is 0 Å². The zero-order chi connectivity index (χ0) is 51.0. The Morgan fingerprint density at radius 3 is 0.972 bits per heavy atom. The lowest BCUT2D eigenvalue weighted by molar-refractivity contribution is -0.393. The second kappa shape index (κ2) is 20.0. The van der Waals surface area contributed by atoms with Crippen LogP contribution in [-0.2, 0) is 46.7 Å². The molecule has 0 aliphatic carbocycles. The third-order valence-corrected chi connectivity index (χ3v) is 13.3. The predicted molar refractivity (Wildman–Crippen MR) is 252 cm³/mol. The van der Waals surface area contributed by atoms with Crippen molar-refractivity contribution < 1.29 is 66.9 Å². The third kappa shape index (κ3) is 9.90. The number of benzene rings is 8. The first-order valence-electron chi connectivity index (χ1n) is 21.4. The van der Waals surface area contributed by atoms with Crippen molar-refractivity contribution in [3.05, 3.63) is 223 Å². The SMILES string of the molecule is FC(F)(F)C(OCc1ccccc1)(c1ccccc1Cc1cc(Br)c2ccccc2c1Oc1c(Cc2ccccc2C(OCc2ccccc2)(C(F)(F)F)C(F)(F)F)cc(Br)c2ccccc12)C(F)(F)F. The van der Waals surface area contributed by atoms with Crippen LogP contribution in [0.1, 0.15) is 44.5 Å². The molecule has 0 spiro atoms. The summed E-state index contributed by atoms with van der Waals surface area (Å²) in [7, 11) is 0. The Morgan fingerprint density at radius 1 is 0.338 bits per heavy atom. The fraction of sp³-hybridized carbons (Fsp3) is 0.185. The minimum atomic E-state index is -6.05. The van der Waals surface area contributed by atoms with Crippen molar-refractivity contribution in [2.45, 2.75) is 62.0 Å². The number of rotatable bonds is 14. The summed E-state index contributed by atoms with van der Waals surface area (Å²) in [6, 6.07) is 38.3. The molecule has 0 amide bonds. The Kier molecular flexibility index (Phi) is 14.5. The van der Waals surface area contributed by atoms with E-state index in [0.717, 1.165) is 24.3 Å². The summed E-state index contributed by atoms with van der Waals surface area (Å²) in [5.74, 6) is -0.164. The number of fused-ring (bicyclic) bond motifs is 2. The molecule has 0 atom stereocenters. The molecule has 0 saturated heterocycles. The molecular formula is C54H36Br2F12O3. The van der Waals surface area contributed by atoms with Crippen molar-refractivity contribution in [2.75, 3.05) is 0 Å². The van der Waals surface area contributed by atoms with Crippen LogP contribution in [0.25, 0.3) is 21.5 Å². The number of hydrogen-bond donors (Lipinski definition) is 0. The fourth-order valence-electron chi connectivity index (χ4n) is 8.72. The lowest BCUT2D eigenvalue weighted by Gasteiger charge is -2.38. The lowest BCUT2D eigenvalue weighted by Crippen LogP contribution is -2.56. The molecule has 3 nitrogen and oxygen atoms in total. The summed E-state index contributed by atoms with van der Waals surface area (Å²) >= 11 is 7.01. The van der Waals surface area contributed by atoms with Crippen LogP contribution < -0.4 is 4.74 Å². The van der Waals surface area contributed by atoms with Crippen molar-refractivity contribution in [1.29, 1.82) is 0 Å². The van der Waals surface area contributed by atoms with Crippen LogP contribution in [0, 0.1) is 0 Å². The Labute approximate surface area is 415 Å². The van der Waals surface area contributed by atoms with Gasteiger partial charge in [-0.2, -0.15) is 52.7 Å². The van der Waals surface area contributed by atoms with Crippen LogP contribution in [-0.4, -0.2) is 24.7 Å². The van der Waals surface area contributed by atoms with Gasteiger partial charge in [-0.15, -0.1) is 0 Å². The highest BCUT2D eigenvalue weighted by Gasteiger charge is 2.75. The van der Waals surface area contributed by atoms with Gasteiger partial charge in [-0.05, 0) is 45.2 Å². The predicted octanol–water partition coefficient (Wildman–Crippen LogP) is 17.6. The van der Waals surface area contributed by atoms with Gasteiger partial charge in [0.05, 0.1) is 13.2 Å². The van der Waals surface area contributed by atoms with E-state index >= 15 is 52.7 Å². The number of ether oxygens (including phenoxy) is 3. The highest BCUT2D eigenvalue weighted by Crippen LogP contribution is 2.57. The monoisotopic (exact) mass is 1120 g/mol. The zero-order valence-corrected chi connectivity index (χ0v) is 39.7. The minimum Gasteiger partial charge on any atom is -0.455 e. The van der Waals surface area contributed by atoms with E-state index in [1.807, 2.05) is 0 Å². The molecule has 368 valence electrons. The summed E-state index contributed by atoms with van der Waals surface area (Å²) in [6.45, 7) is -2.14. The summed E-state index contributed by atoms with van der Waals surface area (Å²) in [6.07, 6.45) is -25.5. The molecule has 8 aromatic carbocycles. The van der Waals surface area contributed by atoms with Crippen LogP contribution in [0.2, 0.25) is 0 Å². The lowest BCUT2D eigenvalue weighted by atomic mass is 9.85. The smallest absolute Gasteiger partial charge is 0.430 e. The molecule has 71 heavy (non-hydrogen) atoms. The Bertz CT molecular complexity index is 2930. The Hall–Kier alpha value is -5.88. The maximum atomic E-state index is 15.4. The summed E-state index contributed by atoms with van der Waals surface area (Å²) < 4.78 is 202. The molecule has 0 saturated carbocycles. The second-order valence-corrected chi connectivity index (χ2v) is 18.2. The first kappa shape index (κ1) is 51.5. The normalized spacial score (nSPS) is 13.0. The largest absolute Gasteiger partial charge is 0.455 e. The van der Waals surface area contributed by atoms with Gasteiger partial charge in [0.25, 0.3) is 11.2 Å². The molecular weight excluding hydrogens is 1080 g/mol. The zero-order valence-electron chi connectivity index (χ0n) is 36.5. The molecule has 0 radical (unpaired) electrons. The summed E-state index contributed by atoms with van der Waals surface area (Å²) in [4.78, 5) is 0. The van der Waals surface area contributed by atoms with Gasteiger partial charge in [-0.1, -0.05) is 190 Å². The molecule has 8 rings (SSSR count). The first-order chi connectivity index (χ1) is 33.6. The standard InChI is InChI=1S/C54H36Br2F12O3/c55-45-29-37(27-35-19-7-13-25-43(35)49(51(57,58)59,52(60,61)62)69-31-33-15-3-1-4-16-33)47(41-23-11-9-21-39(41)45)71-48-38(30-46(56)40-22-10-12-24-42(40)48)28-36-20-8-14-26-44(36)50(53(63,64)65,54(66,67)68)70-32-34-17-5-2-6-18-34/h1-26,29-30H,27-28,31-32H2. The molecule has 17 heteroatoms. The van der Waals surface area contributed by atoms with E-state index < -0.39 is 84.2 Å². The van der Waals surface area contributed by atoms with Crippen LogP contribution >= 0.6 is 31.9 Å². The molecule has 0 aliphatic heterocycles. The van der Waals surface area contributed by atoms with Crippen molar-refractivity contribution in [3.63, 3.8) is 0 Å². The third-order valence-electron chi connectivity index (χ3n) is 12.0. The average molecular weight is 1120 g/mol. The number of alkyl halides is 12. The van der Waals surface area contributed by atoms with Gasteiger partial charge in [0, 0.05) is 54.8 Å². The van der Waals surface area contributed by atoms with E-state index in [1.165, 1.54) is 84.9 Å². The number of hydrogen-bond acceptors (Lipinski definition) is 3. The average Bonchev–Trinajstić information content (AvgIpc) is 3.31. The minimum absolute atomic E-state index is 0.0411. The number of halogens is 14. The summed E-state index contributed by atoms with van der Waals surface area (Å²) in [5.41, 5.74) is -12.9. The van der Waals surface area contributed by atoms with Crippen molar-refractivity contribution in [1.82, 2.24) is 0 Å². The van der Waals surface area contributed by atoms with Gasteiger partial charge in [0.15, 0.2) is 0 Å². The highest BCUT2D eigenvalue weighted by atomic mass is 79.9. The molecule has 0 aromatic heterocycles. The Balaban J connectivity index is 1.31. The van der Waals surface area contributed by atoms with Gasteiger partial charge >= 0.3 is 24.7 Å². The maximum absolute atomic E-state index is 15.4. The van der Waals surface area contributed by atoms with Gasteiger partial charge in [0.2, 0.25) is 0 Å². The molecule has 8 aromatic rings. The second-order valence-electron chi connectivity index (χ2n) is 16.5. The quantitative estimate of drug-likeness (QED) is 0.102. The van der Waals surface area contributed by atoms with Gasteiger partial charge < -0.3 is 14.2 Å². The van der Waals surface area contributed by atoms with E-state index in [4.69, 9.17) is 14.2 Å². The van der Waals surface area contributed by atoms with Crippen molar-refractivity contribution in [3.8, 4) is 11.5 Å². The van der Waals surface area contributed by atoms with E-state index in [1.54, 1.807) is 48.5 Å². The topological polar surface area (TPSA) is 27.7 Å². The highest BCUT2D eigenvalue weighted by molar-refractivity contribution is 9.11. The van der Waals surface area contributed by atoms with Crippen LogP contribution in [0.5, 0.6) is 11.5 Å². The maximum Gasteiger partial charge on any atom is 0.430 e. The van der Waals surface area contributed by atoms with Crippen LogP contribution in [0.3, 0.4) is 0 Å². The molecule has 0 unspecified atom stereocenters. The fourth-order valence-corrected chi connectivity index (χ4v) is 9.96. The molecule has 0 fully saturated rings.